The number of nitrogens with zero attached hydrogens (tertiary/aromatic N) is 2. The van der Waals surface area contributed by atoms with Crippen molar-refractivity contribution in [1.82, 2.24) is 9.80 Å². The maximum atomic E-state index is 12.7. The highest BCUT2D eigenvalue weighted by atomic mass is 79.9. The van der Waals surface area contributed by atoms with E-state index in [2.05, 4.69) is 20.8 Å². The quantitative estimate of drug-likeness (QED) is 0.664. The molecule has 0 atom stereocenters. The highest BCUT2D eigenvalue weighted by molar-refractivity contribution is 9.10. The number of carbonyl (C=O) groups excluding carboxylic acids is 1. The second-order valence-corrected chi connectivity index (χ2v) is 7.52. The number of rotatable bonds is 6. The van der Waals surface area contributed by atoms with E-state index in [4.69, 9.17) is 21.1 Å². The molecule has 0 aromatic heterocycles. The maximum absolute atomic E-state index is 12.7. The van der Waals surface area contributed by atoms with Crippen molar-refractivity contribution in [3.05, 3.63) is 57.5 Å². The van der Waals surface area contributed by atoms with Crippen molar-refractivity contribution in [1.29, 1.82) is 0 Å². The normalized spacial score (nSPS) is 14.9. The van der Waals surface area contributed by atoms with Crippen LogP contribution in [0.15, 0.2) is 46.9 Å². The minimum absolute atomic E-state index is 0.0466. The molecule has 1 aliphatic rings. The molecular formula is C20H22BrClN2O3. The number of hydrogen-bond acceptors (Lipinski definition) is 4. The summed E-state index contributed by atoms with van der Waals surface area (Å²) in [4.78, 5) is 16.9. The first-order valence-electron chi connectivity index (χ1n) is 8.81. The molecule has 0 N–H and O–H groups in total. The number of halogens is 2. The molecule has 1 heterocycles. The van der Waals surface area contributed by atoms with Gasteiger partial charge in [0.05, 0.1) is 16.6 Å². The highest BCUT2D eigenvalue weighted by Crippen LogP contribution is 2.26. The van der Waals surface area contributed by atoms with Crippen LogP contribution in [0.25, 0.3) is 0 Å². The molecular weight excluding hydrogens is 432 g/mol. The van der Waals surface area contributed by atoms with Crippen molar-refractivity contribution in [2.24, 2.45) is 0 Å². The number of para-hydroxylation sites is 1. The molecule has 2 aromatic rings. The average molecular weight is 454 g/mol. The lowest BCUT2D eigenvalue weighted by Crippen LogP contribution is -2.49. The van der Waals surface area contributed by atoms with E-state index in [0.29, 0.717) is 36.0 Å². The van der Waals surface area contributed by atoms with Gasteiger partial charge in [0.25, 0.3) is 5.91 Å². The minimum atomic E-state index is 0.0466. The first-order valence-corrected chi connectivity index (χ1v) is 9.98. The Morgan fingerprint density at radius 1 is 1.11 bits per heavy atom. The first-order chi connectivity index (χ1) is 13.1. The van der Waals surface area contributed by atoms with Crippen molar-refractivity contribution in [2.75, 3.05) is 46.4 Å². The molecule has 2 aromatic carbocycles. The molecule has 0 saturated carbocycles. The summed E-state index contributed by atoms with van der Waals surface area (Å²) < 4.78 is 11.7. The zero-order chi connectivity index (χ0) is 19.2. The predicted molar refractivity (Wildman–Crippen MR) is 110 cm³/mol. The Morgan fingerprint density at radius 2 is 1.85 bits per heavy atom. The summed E-state index contributed by atoms with van der Waals surface area (Å²) >= 11 is 9.53. The summed E-state index contributed by atoms with van der Waals surface area (Å²) in [6, 6.07) is 12.9. The molecule has 1 aliphatic heterocycles. The summed E-state index contributed by atoms with van der Waals surface area (Å²) in [5.41, 5.74) is 0.665. The van der Waals surface area contributed by atoms with E-state index in [1.54, 1.807) is 19.2 Å². The Kier molecular flexibility index (Phi) is 6.99. The Hall–Kier alpha value is -1.76. The zero-order valence-corrected chi connectivity index (χ0v) is 17.5. The molecule has 0 bridgehead atoms. The lowest BCUT2D eigenvalue weighted by atomic mass is 10.1. The van der Waals surface area contributed by atoms with Crippen LogP contribution in [0.5, 0.6) is 11.5 Å². The second kappa shape index (κ2) is 9.44. The summed E-state index contributed by atoms with van der Waals surface area (Å²) in [7, 11) is 1.61. The van der Waals surface area contributed by atoms with E-state index in [0.717, 1.165) is 29.9 Å². The third-order valence-corrected chi connectivity index (χ3v) is 5.49. The Labute approximate surface area is 172 Å². The molecule has 1 amide bonds. The van der Waals surface area contributed by atoms with E-state index >= 15 is 0 Å². The van der Waals surface area contributed by atoms with Gasteiger partial charge in [0, 0.05) is 38.3 Å². The second-order valence-electron chi connectivity index (χ2n) is 6.26. The van der Waals surface area contributed by atoms with Crippen molar-refractivity contribution in [3.63, 3.8) is 0 Å². The van der Waals surface area contributed by atoms with E-state index in [-0.39, 0.29) is 5.91 Å². The van der Waals surface area contributed by atoms with Gasteiger partial charge in [-0.1, -0.05) is 23.7 Å². The number of piperazine rings is 1. The van der Waals surface area contributed by atoms with Crippen LogP contribution in [-0.4, -0.2) is 62.1 Å². The fraction of sp³-hybridized carbons (Fsp3) is 0.350. The van der Waals surface area contributed by atoms with Gasteiger partial charge in [-0.15, -0.1) is 0 Å². The SMILES string of the molecule is COc1ccc(C(=O)N2CCN(CCOc3ccccc3Cl)CC2)cc1Br. The van der Waals surface area contributed by atoms with E-state index in [1.807, 2.05) is 35.2 Å². The largest absolute Gasteiger partial charge is 0.496 e. The van der Waals surface area contributed by atoms with E-state index in [1.165, 1.54) is 0 Å². The van der Waals surface area contributed by atoms with Crippen LogP contribution in [0.1, 0.15) is 10.4 Å². The van der Waals surface area contributed by atoms with Crippen molar-refractivity contribution < 1.29 is 14.3 Å². The van der Waals surface area contributed by atoms with Crippen LogP contribution < -0.4 is 9.47 Å². The maximum Gasteiger partial charge on any atom is 0.253 e. The Morgan fingerprint density at radius 3 is 2.52 bits per heavy atom. The van der Waals surface area contributed by atoms with Crippen LogP contribution in [0.3, 0.4) is 0 Å². The van der Waals surface area contributed by atoms with E-state index < -0.39 is 0 Å². The standard InChI is InChI=1S/C20H22BrClN2O3/c1-26-18-7-6-15(14-16(18)21)20(25)24-10-8-23(9-11-24)12-13-27-19-5-3-2-4-17(19)22/h2-7,14H,8-13H2,1H3. The van der Waals surface area contributed by atoms with Gasteiger partial charge in [-0.2, -0.15) is 0 Å². The van der Waals surface area contributed by atoms with Crippen LogP contribution in [-0.2, 0) is 0 Å². The predicted octanol–water partition coefficient (Wildman–Crippen LogP) is 3.95. The van der Waals surface area contributed by atoms with Gasteiger partial charge in [-0.25, -0.2) is 0 Å². The molecule has 144 valence electrons. The molecule has 3 rings (SSSR count). The first kappa shape index (κ1) is 20.0. The van der Waals surface area contributed by atoms with Crippen LogP contribution in [0.4, 0.5) is 0 Å². The molecule has 0 aliphatic carbocycles. The topological polar surface area (TPSA) is 42.0 Å². The fourth-order valence-corrected chi connectivity index (χ4v) is 3.73. The minimum Gasteiger partial charge on any atom is -0.496 e. The van der Waals surface area contributed by atoms with E-state index in [9.17, 15) is 4.79 Å². The summed E-state index contributed by atoms with van der Waals surface area (Å²) in [6.07, 6.45) is 0. The number of methoxy groups -OCH3 is 1. The summed E-state index contributed by atoms with van der Waals surface area (Å²) in [6.45, 7) is 4.44. The fourth-order valence-electron chi connectivity index (χ4n) is 3.00. The number of benzene rings is 2. The summed E-state index contributed by atoms with van der Waals surface area (Å²) in [5.74, 6) is 1.47. The zero-order valence-electron chi connectivity index (χ0n) is 15.2. The Balaban J connectivity index is 1.46. The average Bonchev–Trinajstić information content (AvgIpc) is 2.69. The monoisotopic (exact) mass is 452 g/mol. The van der Waals surface area contributed by atoms with Crippen molar-refractivity contribution >= 4 is 33.4 Å². The van der Waals surface area contributed by atoms with Gasteiger partial charge in [0.2, 0.25) is 0 Å². The third-order valence-electron chi connectivity index (χ3n) is 4.56. The van der Waals surface area contributed by atoms with Crippen LogP contribution >= 0.6 is 27.5 Å². The van der Waals surface area contributed by atoms with Gasteiger partial charge in [-0.05, 0) is 46.3 Å². The molecule has 1 fully saturated rings. The molecule has 1 saturated heterocycles. The van der Waals surface area contributed by atoms with Gasteiger partial charge in [0.1, 0.15) is 18.1 Å². The van der Waals surface area contributed by atoms with Crippen molar-refractivity contribution in [2.45, 2.75) is 0 Å². The Bertz CT molecular complexity index is 795. The number of amides is 1. The number of hydrogen-bond donors (Lipinski definition) is 0. The third kappa shape index (κ3) is 5.15. The molecule has 5 nitrogen and oxygen atoms in total. The van der Waals surface area contributed by atoms with Gasteiger partial charge < -0.3 is 14.4 Å². The lowest BCUT2D eigenvalue weighted by Gasteiger charge is -2.34. The molecule has 7 heteroatoms. The molecule has 0 unspecified atom stereocenters. The van der Waals surface area contributed by atoms with Gasteiger partial charge >= 0.3 is 0 Å². The molecule has 27 heavy (non-hydrogen) atoms. The lowest BCUT2D eigenvalue weighted by molar-refractivity contribution is 0.0620. The number of ether oxygens (including phenoxy) is 2. The van der Waals surface area contributed by atoms with Gasteiger partial charge in [-0.3, -0.25) is 9.69 Å². The highest BCUT2D eigenvalue weighted by Gasteiger charge is 2.22. The summed E-state index contributed by atoms with van der Waals surface area (Å²) in [5, 5.41) is 0.624. The molecule has 0 radical (unpaired) electrons. The van der Waals surface area contributed by atoms with Crippen LogP contribution in [0.2, 0.25) is 5.02 Å². The van der Waals surface area contributed by atoms with Crippen LogP contribution in [0, 0.1) is 0 Å². The smallest absolute Gasteiger partial charge is 0.253 e. The van der Waals surface area contributed by atoms with Crippen molar-refractivity contribution in [3.8, 4) is 11.5 Å². The number of carbonyl (C=O) groups is 1. The molecule has 0 spiro atoms. The van der Waals surface area contributed by atoms with Gasteiger partial charge in [0.15, 0.2) is 0 Å².